The van der Waals surface area contributed by atoms with E-state index in [0.29, 0.717) is 24.4 Å². The van der Waals surface area contributed by atoms with Gasteiger partial charge >= 0.3 is 0 Å². The Balaban J connectivity index is 2.11. The Morgan fingerprint density at radius 2 is 2.15 bits per heavy atom. The first-order chi connectivity index (χ1) is 9.69. The van der Waals surface area contributed by atoms with Crippen molar-refractivity contribution in [3.8, 4) is 0 Å². The maximum absolute atomic E-state index is 13.8. The van der Waals surface area contributed by atoms with Gasteiger partial charge in [-0.05, 0) is 18.2 Å². The third-order valence-electron chi connectivity index (χ3n) is 3.22. The zero-order chi connectivity index (χ0) is 14.1. The summed E-state index contributed by atoms with van der Waals surface area (Å²) in [5.74, 6) is 0.927. The molecule has 0 aliphatic heterocycles. The van der Waals surface area contributed by atoms with Crippen LogP contribution < -0.4 is 0 Å². The van der Waals surface area contributed by atoms with Gasteiger partial charge in [-0.2, -0.15) is 5.10 Å². The summed E-state index contributed by atoms with van der Waals surface area (Å²) in [4.78, 5) is 4.37. The molecule has 0 atom stereocenters. The summed E-state index contributed by atoms with van der Waals surface area (Å²) < 4.78 is 17.6. The van der Waals surface area contributed by atoms with E-state index in [1.165, 1.54) is 6.07 Å². The van der Waals surface area contributed by atoms with Gasteiger partial charge in [-0.1, -0.05) is 6.07 Å². The smallest absolute Gasteiger partial charge is 0.151 e. The summed E-state index contributed by atoms with van der Waals surface area (Å²) in [6.45, 7) is 0.563. The predicted molar refractivity (Wildman–Crippen MR) is 76.4 cm³/mol. The maximum Gasteiger partial charge on any atom is 0.151 e. The molecule has 4 nitrogen and oxygen atoms in total. The fraction of sp³-hybridized carbons (Fsp3) is 0.286. The lowest BCUT2D eigenvalue weighted by molar-refractivity contribution is 0.637. The molecule has 0 saturated carbocycles. The van der Waals surface area contributed by atoms with E-state index in [9.17, 15) is 4.39 Å². The average molecular weight is 293 g/mol. The molecule has 104 valence electrons. The Kier molecular flexibility index (Phi) is 3.44. The summed E-state index contributed by atoms with van der Waals surface area (Å²) >= 11 is 5.82. The summed E-state index contributed by atoms with van der Waals surface area (Å²) in [5.41, 5.74) is 2.08. The molecule has 0 N–H and O–H groups in total. The van der Waals surface area contributed by atoms with Gasteiger partial charge in [0.2, 0.25) is 0 Å². The van der Waals surface area contributed by atoms with Crippen molar-refractivity contribution in [2.45, 2.75) is 13.0 Å². The Morgan fingerprint density at radius 3 is 2.85 bits per heavy atom. The SMILES string of the molecule is Cn1ccc(Cn2c(CCCl)nc3c(F)cccc32)n1. The largest absolute Gasteiger partial charge is 0.322 e. The van der Waals surface area contributed by atoms with E-state index in [-0.39, 0.29) is 5.82 Å². The number of fused-ring (bicyclic) bond motifs is 1. The molecule has 0 bridgehead atoms. The van der Waals surface area contributed by atoms with Crippen molar-refractivity contribution in [3.05, 3.63) is 47.8 Å². The quantitative estimate of drug-likeness (QED) is 0.693. The monoisotopic (exact) mass is 292 g/mol. The Bertz CT molecular complexity index is 747. The average Bonchev–Trinajstić information content (AvgIpc) is 2.97. The van der Waals surface area contributed by atoms with Gasteiger partial charge in [0.05, 0.1) is 17.8 Å². The molecule has 0 fully saturated rings. The molecule has 2 aromatic heterocycles. The van der Waals surface area contributed by atoms with Crippen LogP contribution in [0.25, 0.3) is 11.0 Å². The highest BCUT2D eigenvalue weighted by atomic mass is 35.5. The molecule has 0 radical (unpaired) electrons. The van der Waals surface area contributed by atoms with Crippen molar-refractivity contribution in [3.63, 3.8) is 0 Å². The van der Waals surface area contributed by atoms with E-state index in [1.54, 1.807) is 10.7 Å². The second-order valence-electron chi connectivity index (χ2n) is 4.64. The molecule has 3 rings (SSSR count). The molecule has 0 spiro atoms. The lowest BCUT2D eigenvalue weighted by atomic mass is 10.3. The van der Waals surface area contributed by atoms with Crippen LogP contribution in [0, 0.1) is 5.82 Å². The van der Waals surface area contributed by atoms with Crippen LogP contribution in [0.5, 0.6) is 0 Å². The van der Waals surface area contributed by atoms with Crippen molar-refractivity contribution in [2.24, 2.45) is 7.05 Å². The summed E-state index contributed by atoms with van der Waals surface area (Å²) in [6.07, 6.45) is 2.48. The van der Waals surface area contributed by atoms with Gasteiger partial charge in [0, 0.05) is 25.5 Å². The number of nitrogens with zero attached hydrogens (tertiary/aromatic N) is 4. The molecule has 1 aromatic carbocycles. The van der Waals surface area contributed by atoms with Gasteiger partial charge < -0.3 is 4.57 Å². The summed E-state index contributed by atoms with van der Waals surface area (Å²) in [7, 11) is 1.87. The molecular formula is C14H14ClFN4. The summed E-state index contributed by atoms with van der Waals surface area (Å²) in [6, 6.07) is 6.92. The van der Waals surface area contributed by atoms with Gasteiger partial charge in [0.15, 0.2) is 5.82 Å². The minimum atomic E-state index is -0.307. The van der Waals surface area contributed by atoms with Gasteiger partial charge in [-0.3, -0.25) is 4.68 Å². The molecule has 0 aliphatic carbocycles. The van der Waals surface area contributed by atoms with Crippen LogP contribution in [-0.2, 0) is 20.0 Å². The second-order valence-corrected chi connectivity index (χ2v) is 5.02. The number of hydrogen-bond donors (Lipinski definition) is 0. The number of halogens is 2. The number of rotatable bonds is 4. The van der Waals surface area contributed by atoms with E-state index in [4.69, 9.17) is 11.6 Å². The highest BCUT2D eigenvalue weighted by Gasteiger charge is 2.14. The first kappa shape index (κ1) is 13.1. The number of hydrogen-bond acceptors (Lipinski definition) is 2. The maximum atomic E-state index is 13.8. The van der Waals surface area contributed by atoms with Gasteiger partial charge in [0.25, 0.3) is 0 Å². The number of imidazole rings is 1. The zero-order valence-corrected chi connectivity index (χ0v) is 11.8. The lowest BCUT2D eigenvalue weighted by Gasteiger charge is -2.06. The predicted octanol–water partition coefficient (Wildman–Crippen LogP) is 2.74. The molecule has 6 heteroatoms. The van der Waals surface area contributed by atoms with Crippen LogP contribution in [0.15, 0.2) is 30.5 Å². The van der Waals surface area contributed by atoms with Crippen molar-refractivity contribution < 1.29 is 4.39 Å². The summed E-state index contributed by atoms with van der Waals surface area (Å²) in [5, 5.41) is 4.36. The van der Waals surface area contributed by atoms with Crippen LogP contribution in [0.4, 0.5) is 4.39 Å². The van der Waals surface area contributed by atoms with E-state index in [2.05, 4.69) is 10.1 Å². The molecule has 2 heterocycles. The Labute approximate surface area is 120 Å². The molecule has 0 unspecified atom stereocenters. The van der Waals surface area contributed by atoms with E-state index >= 15 is 0 Å². The minimum Gasteiger partial charge on any atom is -0.322 e. The Hall–Kier alpha value is -1.88. The minimum absolute atomic E-state index is 0.307. The first-order valence-electron chi connectivity index (χ1n) is 6.37. The number of aromatic nitrogens is 4. The third-order valence-corrected chi connectivity index (χ3v) is 3.40. The van der Waals surface area contributed by atoms with E-state index in [0.717, 1.165) is 17.0 Å². The van der Waals surface area contributed by atoms with Gasteiger partial charge in [0.1, 0.15) is 11.3 Å². The normalized spacial score (nSPS) is 11.3. The zero-order valence-electron chi connectivity index (χ0n) is 11.1. The van der Waals surface area contributed by atoms with E-state index < -0.39 is 0 Å². The molecule has 20 heavy (non-hydrogen) atoms. The van der Waals surface area contributed by atoms with Gasteiger partial charge in [-0.15, -0.1) is 11.6 Å². The first-order valence-corrected chi connectivity index (χ1v) is 6.90. The van der Waals surface area contributed by atoms with E-state index in [1.807, 2.05) is 29.9 Å². The highest BCUT2D eigenvalue weighted by molar-refractivity contribution is 6.17. The number of benzene rings is 1. The fourth-order valence-corrected chi connectivity index (χ4v) is 2.49. The standard InChI is InChI=1S/C14H14ClFN4/c1-19-8-6-10(18-19)9-20-12-4-2-3-11(16)14(12)17-13(20)5-7-15/h2-4,6,8H,5,7,9H2,1H3. The second kappa shape index (κ2) is 5.25. The molecule has 3 aromatic rings. The molecule has 0 amide bonds. The third kappa shape index (κ3) is 2.29. The van der Waals surface area contributed by atoms with Crippen molar-refractivity contribution >= 4 is 22.6 Å². The van der Waals surface area contributed by atoms with Crippen LogP contribution in [0.2, 0.25) is 0 Å². The molecule has 0 aliphatic rings. The number of alkyl halides is 1. The van der Waals surface area contributed by atoms with Gasteiger partial charge in [-0.25, -0.2) is 9.37 Å². The topological polar surface area (TPSA) is 35.6 Å². The van der Waals surface area contributed by atoms with Crippen LogP contribution >= 0.6 is 11.6 Å². The van der Waals surface area contributed by atoms with Crippen LogP contribution in [-0.4, -0.2) is 25.2 Å². The van der Waals surface area contributed by atoms with Crippen LogP contribution in [0.3, 0.4) is 0 Å². The lowest BCUT2D eigenvalue weighted by Crippen LogP contribution is -2.07. The number of para-hydroxylation sites is 1. The van der Waals surface area contributed by atoms with Crippen molar-refractivity contribution in [2.75, 3.05) is 5.88 Å². The number of aryl methyl sites for hydroxylation is 2. The molecule has 0 saturated heterocycles. The molecular weight excluding hydrogens is 279 g/mol. The Morgan fingerprint density at radius 1 is 1.30 bits per heavy atom. The fourth-order valence-electron chi connectivity index (χ4n) is 2.32. The van der Waals surface area contributed by atoms with Crippen molar-refractivity contribution in [1.82, 2.24) is 19.3 Å². The van der Waals surface area contributed by atoms with Crippen LogP contribution in [0.1, 0.15) is 11.5 Å². The highest BCUT2D eigenvalue weighted by Crippen LogP contribution is 2.20. The van der Waals surface area contributed by atoms with Crippen molar-refractivity contribution in [1.29, 1.82) is 0 Å².